The number of fused-ring (bicyclic) bond motifs is 3. The van der Waals surface area contributed by atoms with E-state index in [-0.39, 0.29) is 0 Å². The summed E-state index contributed by atoms with van der Waals surface area (Å²) in [5.41, 5.74) is 2.40. The van der Waals surface area contributed by atoms with Crippen molar-refractivity contribution >= 4 is 11.0 Å². The summed E-state index contributed by atoms with van der Waals surface area (Å²) in [6.45, 7) is 1.12. The number of aromatic nitrogens is 2. The number of para-hydroxylation sites is 2. The molecule has 0 aliphatic carbocycles. The molecule has 1 aliphatic heterocycles. The molecule has 0 amide bonds. The molecule has 3 rings (SSSR count). The Bertz CT molecular complexity index is 456. The molecule has 71 valence electrons. The van der Waals surface area contributed by atoms with E-state index >= 15 is 0 Å². The van der Waals surface area contributed by atoms with E-state index in [0.717, 1.165) is 17.9 Å². The number of hydrogen-bond donors (Lipinski definition) is 0. The molecule has 1 aliphatic rings. The van der Waals surface area contributed by atoms with E-state index in [1.165, 1.54) is 24.8 Å². The molecule has 2 nitrogen and oxygen atoms in total. The van der Waals surface area contributed by atoms with Crippen molar-refractivity contribution in [3.8, 4) is 0 Å². The molecule has 0 atom stereocenters. The predicted octanol–water partition coefficient (Wildman–Crippen LogP) is 2.77. The van der Waals surface area contributed by atoms with Gasteiger partial charge >= 0.3 is 0 Å². The second-order valence-electron chi connectivity index (χ2n) is 3.81. The lowest BCUT2D eigenvalue weighted by atomic mass is 10.2. The molecule has 14 heavy (non-hydrogen) atoms. The number of benzene rings is 1. The van der Waals surface area contributed by atoms with Gasteiger partial charge in [0.25, 0.3) is 0 Å². The van der Waals surface area contributed by atoms with E-state index < -0.39 is 0 Å². The molecular formula is C12H13N2. The van der Waals surface area contributed by atoms with Crippen molar-refractivity contribution < 1.29 is 0 Å². The minimum atomic E-state index is 1.12. The fourth-order valence-corrected chi connectivity index (χ4v) is 2.13. The monoisotopic (exact) mass is 185 g/mol. The summed E-state index contributed by atoms with van der Waals surface area (Å²) < 4.78 is 2.34. The molecule has 0 spiro atoms. The molecule has 0 N–H and O–H groups in total. The molecule has 0 bridgehead atoms. The maximum atomic E-state index is 4.62. The van der Waals surface area contributed by atoms with Gasteiger partial charge in [-0.15, -0.1) is 0 Å². The molecule has 0 fully saturated rings. The van der Waals surface area contributed by atoms with Crippen LogP contribution in [-0.2, 0) is 6.54 Å². The van der Waals surface area contributed by atoms with Crippen molar-refractivity contribution in [2.24, 2.45) is 0 Å². The van der Waals surface area contributed by atoms with E-state index in [1.807, 2.05) is 0 Å². The maximum Gasteiger partial charge on any atom is 0.113 e. The lowest BCUT2D eigenvalue weighted by Gasteiger charge is -2.02. The maximum absolute atomic E-state index is 4.62. The number of imidazole rings is 1. The first-order chi connectivity index (χ1) is 6.95. The Morgan fingerprint density at radius 3 is 3.07 bits per heavy atom. The van der Waals surface area contributed by atoms with Gasteiger partial charge in [0.05, 0.1) is 11.0 Å². The van der Waals surface area contributed by atoms with Crippen LogP contribution in [0.25, 0.3) is 11.0 Å². The summed E-state index contributed by atoms with van der Waals surface area (Å²) in [6, 6.07) is 8.38. The molecule has 1 radical (unpaired) electrons. The van der Waals surface area contributed by atoms with E-state index in [2.05, 4.69) is 40.2 Å². The Balaban J connectivity index is 2.24. The molecule has 2 heterocycles. The van der Waals surface area contributed by atoms with Crippen molar-refractivity contribution in [1.29, 1.82) is 0 Å². The van der Waals surface area contributed by atoms with Crippen LogP contribution < -0.4 is 0 Å². The van der Waals surface area contributed by atoms with Gasteiger partial charge in [-0.25, -0.2) is 4.98 Å². The van der Waals surface area contributed by atoms with Gasteiger partial charge in [0.2, 0.25) is 0 Å². The summed E-state index contributed by atoms with van der Waals surface area (Å²) in [5, 5.41) is 0. The largest absolute Gasteiger partial charge is 0.328 e. The fourth-order valence-electron chi connectivity index (χ4n) is 2.13. The Hall–Kier alpha value is -1.31. The van der Waals surface area contributed by atoms with Gasteiger partial charge in [0.15, 0.2) is 0 Å². The summed E-state index contributed by atoms with van der Waals surface area (Å²) in [4.78, 5) is 4.62. The van der Waals surface area contributed by atoms with Gasteiger partial charge in [-0.05, 0) is 25.0 Å². The Labute approximate surface area is 83.6 Å². The van der Waals surface area contributed by atoms with Crippen LogP contribution in [0.4, 0.5) is 0 Å². The smallest absolute Gasteiger partial charge is 0.113 e. The van der Waals surface area contributed by atoms with Crippen LogP contribution in [-0.4, -0.2) is 9.55 Å². The molecule has 0 saturated heterocycles. The SMILES string of the molecule is [CH]1CCCCn2c1nc1ccccc12. The fraction of sp³-hybridized carbons (Fsp3) is 0.333. The van der Waals surface area contributed by atoms with Gasteiger partial charge in [-0.1, -0.05) is 18.6 Å². The van der Waals surface area contributed by atoms with Gasteiger partial charge in [0, 0.05) is 13.0 Å². The first kappa shape index (κ1) is 8.04. The molecule has 0 unspecified atom stereocenters. The van der Waals surface area contributed by atoms with Crippen LogP contribution in [0, 0.1) is 6.42 Å². The quantitative estimate of drug-likeness (QED) is 0.617. The molecule has 2 heteroatoms. The summed E-state index contributed by atoms with van der Waals surface area (Å²) >= 11 is 0. The normalized spacial score (nSPS) is 16.6. The van der Waals surface area contributed by atoms with Crippen LogP contribution in [0.3, 0.4) is 0 Å². The summed E-state index contributed by atoms with van der Waals surface area (Å²) in [7, 11) is 0. The van der Waals surface area contributed by atoms with Crippen LogP contribution in [0.15, 0.2) is 24.3 Å². The van der Waals surface area contributed by atoms with Crippen molar-refractivity contribution in [2.45, 2.75) is 25.8 Å². The lowest BCUT2D eigenvalue weighted by Crippen LogP contribution is -1.98. The molecule has 0 saturated carbocycles. The average Bonchev–Trinajstić information content (AvgIpc) is 2.42. The number of rotatable bonds is 0. The predicted molar refractivity (Wildman–Crippen MR) is 57.0 cm³/mol. The van der Waals surface area contributed by atoms with Crippen LogP contribution in [0.5, 0.6) is 0 Å². The second-order valence-corrected chi connectivity index (χ2v) is 3.81. The number of aryl methyl sites for hydroxylation is 1. The molecule has 1 aromatic heterocycles. The zero-order valence-corrected chi connectivity index (χ0v) is 8.11. The van der Waals surface area contributed by atoms with E-state index in [4.69, 9.17) is 0 Å². The first-order valence-corrected chi connectivity index (χ1v) is 5.23. The van der Waals surface area contributed by atoms with E-state index in [0.29, 0.717) is 0 Å². The highest BCUT2D eigenvalue weighted by Gasteiger charge is 2.12. The van der Waals surface area contributed by atoms with Gasteiger partial charge in [0.1, 0.15) is 5.82 Å². The summed E-state index contributed by atoms with van der Waals surface area (Å²) in [5.74, 6) is 1.16. The van der Waals surface area contributed by atoms with Gasteiger partial charge in [-0.3, -0.25) is 0 Å². The van der Waals surface area contributed by atoms with Crippen molar-refractivity contribution in [3.63, 3.8) is 0 Å². The number of hydrogen-bond acceptors (Lipinski definition) is 1. The van der Waals surface area contributed by atoms with Gasteiger partial charge < -0.3 is 4.57 Å². The zero-order valence-electron chi connectivity index (χ0n) is 8.11. The van der Waals surface area contributed by atoms with E-state index in [9.17, 15) is 0 Å². The molecule has 2 aromatic rings. The first-order valence-electron chi connectivity index (χ1n) is 5.23. The highest BCUT2D eigenvalue weighted by molar-refractivity contribution is 5.76. The van der Waals surface area contributed by atoms with Crippen LogP contribution in [0.2, 0.25) is 0 Å². The summed E-state index contributed by atoms with van der Waals surface area (Å²) in [6.07, 6.45) is 5.98. The number of nitrogens with zero attached hydrogens (tertiary/aromatic N) is 2. The Morgan fingerprint density at radius 2 is 2.07 bits per heavy atom. The zero-order chi connectivity index (χ0) is 9.38. The third-order valence-electron chi connectivity index (χ3n) is 2.85. The van der Waals surface area contributed by atoms with Crippen LogP contribution in [0.1, 0.15) is 25.1 Å². The highest BCUT2D eigenvalue weighted by atomic mass is 15.1. The standard InChI is InChI=1S/C12H13N2/c1-2-8-12-13-10-6-3-4-7-11(10)14(12)9-5-1/h3-4,6-8H,1-2,5,9H2. The molecular weight excluding hydrogens is 172 g/mol. The second kappa shape index (κ2) is 3.12. The van der Waals surface area contributed by atoms with Crippen molar-refractivity contribution in [1.82, 2.24) is 9.55 Å². The third kappa shape index (κ3) is 1.14. The average molecular weight is 185 g/mol. The highest BCUT2D eigenvalue weighted by Crippen LogP contribution is 2.22. The Kier molecular flexibility index (Phi) is 1.79. The topological polar surface area (TPSA) is 17.8 Å². The molecule has 1 aromatic carbocycles. The van der Waals surface area contributed by atoms with Crippen LogP contribution >= 0.6 is 0 Å². The minimum absolute atomic E-state index is 1.12. The Morgan fingerprint density at radius 1 is 1.14 bits per heavy atom. The van der Waals surface area contributed by atoms with Crippen molar-refractivity contribution in [3.05, 3.63) is 36.5 Å². The van der Waals surface area contributed by atoms with E-state index in [1.54, 1.807) is 0 Å². The minimum Gasteiger partial charge on any atom is -0.328 e. The van der Waals surface area contributed by atoms with Crippen molar-refractivity contribution in [2.75, 3.05) is 0 Å². The third-order valence-corrected chi connectivity index (χ3v) is 2.85. The van der Waals surface area contributed by atoms with Gasteiger partial charge in [-0.2, -0.15) is 0 Å². The lowest BCUT2D eigenvalue weighted by molar-refractivity contribution is 0.649.